The van der Waals surface area contributed by atoms with E-state index in [4.69, 9.17) is 0 Å². The van der Waals surface area contributed by atoms with Crippen molar-refractivity contribution in [2.75, 3.05) is 6.61 Å². The molecule has 1 heteroatoms. The largest absolute Gasteiger partial charge is 0.396 e. The lowest BCUT2D eigenvalue weighted by atomic mass is 9.44. The molecule has 5 aliphatic rings. The lowest BCUT2D eigenvalue weighted by Gasteiger charge is -2.61. The van der Waals surface area contributed by atoms with Crippen LogP contribution in [0.5, 0.6) is 0 Å². The van der Waals surface area contributed by atoms with E-state index in [1.54, 1.807) is 0 Å². The molecule has 5 aliphatic carbocycles. The second kappa shape index (κ2) is 4.16. The van der Waals surface area contributed by atoms with Gasteiger partial charge in [0.15, 0.2) is 0 Å². The Morgan fingerprint density at radius 3 is 2.62 bits per heavy atom. The van der Waals surface area contributed by atoms with Crippen molar-refractivity contribution in [2.45, 2.75) is 65.7 Å². The van der Waals surface area contributed by atoms with Crippen LogP contribution in [0.3, 0.4) is 0 Å². The maximum atomic E-state index is 9.39. The number of rotatable bonds is 4. The number of aliphatic hydroxyl groups excluding tert-OH is 1. The van der Waals surface area contributed by atoms with Crippen LogP contribution in [0.1, 0.15) is 65.7 Å². The Labute approximate surface area is 130 Å². The van der Waals surface area contributed by atoms with E-state index >= 15 is 0 Å². The van der Waals surface area contributed by atoms with Gasteiger partial charge in [-0.3, -0.25) is 0 Å². The van der Waals surface area contributed by atoms with Crippen molar-refractivity contribution in [1.82, 2.24) is 0 Å². The number of allylic oxidation sites excluding steroid dienone is 1. The third-order valence-corrected chi connectivity index (χ3v) is 8.65. The van der Waals surface area contributed by atoms with Gasteiger partial charge >= 0.3 is 0 Å². The second-order valence-electron chi connectivity index (χ2n) is 9.52. The van der Waals surface area contributed by atoms with Gasteiger partial charge in [0.25, 0.3) is 0 Å². The number of aliphatic hydroxyl groups is 1. The molecule has 0 aromatic carbocycles. The summed E-state index contributed by atoms with van der Waals surface area (Å²) in [6.07, 6.45) is 9.48. The smallest absolute Gasteiger partial charge is 0.0431 e. The van der Waals surface area contributed by atoms with E-state index in [-0.39, 0.29) is 0 Å². The zero-order valence-corrected chi connectivity index (χ0v) is 14.1. The minimum atomic E-state index is 0.349. The van der Waals surface area contributed by atoms with Crippen LogP contribution in [0, 0.1) is 39.9 Å². The molecule has 1 N–H and O–H groups in total. The summed E-state index contributed by atoms with van der Waals surface area (Å²) in [5.74, 6) is 3.67. The summed E-state index contributed by atoms with van der Waals surface area (Å²) in [6, 6.07) is 0. The highest BCUT2D eigenvalue weighted by Crippen LogP contribution is 2.84. The zero-order chi connectivity index (χ0) is 15.0. The Balaban J connectivity index is 1.68. The molecule has 118 valence electrons. The topological polar surface area (TPSA) is 20.2 Å². The lowest BCUT2D eigenvalue weighted by molar-refractivity contribution is -0.104. The highest BCUT2D eigenvalue weighted by Gasteiger charge is 2.77. The average Bonchev–Trinajstić information content (AvgIpc) is 2.88. The molecule has 0 unspecified atom stereocenters. The standard InChI is InChI=1S/C20H32O/c1-13(2)14-6-8-20-11-16-15(19(16,4)12-20)10-17(20)18(14,3)7-5-9-21/h14-17,21H,1,5-12H2,2-4H3/t14-,15+,16+,17-,18+,19+,20-/m0/s1. The fourth-order valence-electron chi connectivity index (χ4n) is 7.83. The quantitative estimate of drug-likeness (QED) is 0.736. The van der Waals surface area contributed by atoms with Gasteiger partial charge in [-0.2, -0.15) is 0 Å². The molecule has 0 saturated heterocycles. The predicted molar refractivity (Wildman–Crippen MR) is 86.8 cm³/mol. The minimum Gasteiger partial charge on any atom is -0.396 e. The van der Waals surface area contributed by atoms with Gasteiger partial charge in [-0.25, -0.2) is 0 Å². The first-order valence-electron chi connectivity index (χ1n) is 9.14. The molecular formula is C20H32O. The Hall–Kier alpha value is -0.300. The van der Waals surface area contributed by atoms with Gasteiger partial charge in [0, 0.05) is 6.61 Å². The molecule has 0 radical (unpaired) electrons. The third kappa shape index (κ3) is 1.62. The van der Waals surface area contributed by atoms with Gasteiger partial charge in [-0.15, -0.1) is 0 Å². The van der Waals surface area contributed by atoms with Crippen molar-refractivity contribution in [2.24, 2.45) is 39.9 Å². The first kappa shape index (κ1) is 14.3. The van der Waals surface area contributed by atoms with Gasteiger partial charge in [0.05, 0.1) is 0 Å². The normalized spacial score (nSPS) is 57.0. The van der Waals surface area contributed by atoms with Crippen LogP contribution in [0.2, 0.25) is 0 Å². The van der Waals surface area contributed by atoms with E-state index in [1.165, 1.54) is 44.1 Å². The summed E-state index contributed by atoms with van der Waals surface area (Å²) in [7, 11) is 0. The molecule has 21 heavy (non-hydrogen) atoms. The first-order chi connectivity index (χ1) is 9.87. The fraction of sp³-hybridized carbons (Fsp3) is 0.900. The molecule has 0 aliphatic heterocycles. The lowest BCUT2D eigenvalue weighted by Crippen LogP contribution is -2.53. The van der Waals surface area contributed by atoms with Crippen molar-refractivity contribution >= 4 is 0 Å². The maximum absolute atomic E-state index is 9.39. The first-order valence-corrected chi connectivity index (χ1v) is 9.14. The highest BCUT2D eigenvalue weighted by atomic mass is 16.2. The molecule has 0 amide bonds. The van der Waals surface area contributed by atoms with E-state index in [1.807, 2.05) is 0 Å². The summed E-state index contributed by atoms with van der Waals surface area (Å²) in [4.78, 5) is 0. The molecule has 5 saturated carbocycles. The van der Waals surface area contributed by atoms with E-state index in [0.717, 1.165) is 29.6 Å². The van der Waals surface area contributed by atoms with Crippen LogP contribution < -0.4 is 0 Å². The molecule has 0 aromatic rings. The van der Waals surface area contributed by atoms with Gasteiger partial charge in [0.2, 0.25) is 0 Å². The molecule has 1 spiro atoms. The summed E-state index contributed by atoms with van der Waals surface area (Å²) in [5.41, 5.74) is 3.17. The van der Waals surface area contributed by atoms with Gasteiger partial charge in [-0.1, -0.05) is 26.0 Å². The van der Waals surface area contributed by atoms with Crippen LogP contribution in [0.25, 0.3) is 0 Å². The zero-order valence-electron chi connectivity index (χ0n) is 14.1. The van der Waals surface area contributed by atoms with Crippen LogP contribution in [0.15, 0.2) is 12.2 Å². The Morgan fingerprint density at radius 1 is 1.29 bits per heavy atom. The maximum Gasteiger partial charge on any atom is 0.0431 e. The highest BCUT2D eigenvalue weighted by molar-refractivity contribution is 5.27. The monoisotopic (exact) mass is 288 g/mol. The number of hydrogen-bond donors (Lipinski definition) is 1. The van der Waals surface area contributed by atoms with Crippen molar-refractivity contribution in [3.63, 3.8) is 0 Å². The molecule has 7 atom stereocenters. The minimum absolute atomic E-state index is 0.349. The van der Waals surface area contributed by atoms with Crippen LogP contribution >= 0.6 is 0 Å². The Kier molecular flexibility index (Phi) is 2.83. The van der Waals surface area contributed by atoms with Crippen LogP contribution in [-0.4, -0.2) is 11.7 Å². The summed E-state index contributed by atoms with van der Waals surface area (Å²) in [6.45, 7) is 12.0. The molecular weight excluding hydrogens is 256 g/mol. The Morgan fingerprint density at radius 2 is 2.05 bits per heavy atom. The molecule has 0 heterocycles. The van der Waals surface area contributed by atoms with E-state index in [0.29, 0.717) is 23.4 Å². The average molecular weight is 288 g/mol. The van der Waals surface area contributed by atoms with E-state index in [9.17, 15) is 5.11 Å². The molecule has 5 fully saturated rings. The van der Waals surface area contributed by atoms with E-state index < -0.39 is 0 Å². The molecule has 4 bridgehead atoms. The molecule has 5 rings (SSSR count). The predicted octanol–water partition coefficient (Wildman–Crippen LogP) is 4.80. The fourth-order valence-corrected chi connectivity index (χ4v) is 7.83. The van der Waals surface area contributed by atoms with Gasteiger partial charge in [0.1, 0.15) is 0 Å². The van der Waals surface area contributed by atoms with Crippen molar-refractivity contribution in [3.8, 4) is 0 Å². The SMILES string of the molecule is C=C(C)[C@@H]1CC[C@@]23C[C@@H]4[C@@H](C[C@H]2[C@]1(C)CCCO)[C@@]4(C)C3. The van der Waals surface area contributed by atoms with Gasteiger partial charge < -0.3 is 5.11 Å². The van der Waals surface area contributed by atoms with Crippen molar-refractivity contribution in [1.29, 1.82) is 0 Å². The van der Waals surface area contributed by atoms with Gasteiger partial charge in [-0.05, 0) is 91.8 Å². The summed E-state index contributed by atoms with van der Waals surface area (Å²) in [5, 5.41) is 9.39. The second-order valence-corrected chi connectivity index (χ2v) is 9.52. The van der Waals surface area contributed by atoms with Crippen LogP contribution in [-0.2, 0) is 0 Å². The third-order valence-electron chi connectivity index (χ3n) is 8.65. The summed E-state index contributed by atoms with van der Waals surface area (Å²) < 4.78 is 0. The summed E-state index contributed by atoms with van der Waals surface area (Å²) >= 11 is 0. The van der Waals surface area contributed by atoms with Crippen LogP contribution in [0.4, 0.5) is 0 Å². The van der Waals surface area contributed by atoms with Crippen molar-refractivity contribution in [3.05, 3.63) is 12.2 Å². The molecule has 0 aromatic heterocycles. The van der Waals surface area contributed by atoms with E-state index in [2.05, 4.69) is 27.4 Å². The van der Waals surface area contributed by atoms with Crippen molar-refractivity contribution < 1.29 is 5.11 Å². The Bertz CT molecular complexity index is 482. The molecule has 1 nitrogen and oxygen atoms in total. The number of hydrogen-bond acceptors (Lipinski definition) is 1.